The fourth-order valence-electron chi connectivity index (χ4n) is 2.29. The average molecular weight is 295 g/mol. The SMILES string of the molecule is OCC(CO)c1nc2cccc[n+]2c(C(CO)CO)c1O. The van der Waals surface area contributed by atoms with Gasteiger partial charge >= 0.3 is 5.65 Å². The molecule has 0 aliphatic rings. The second-order valence-electron chi connectivity index (χ2n) is 4.78. The van der Waals surface area contributed by atoms with Gasteiger partial charge in [0.05, 0.1) is 44.5 Å². The Kier molecular flexibility index (Phi) is 5.03. The highest BCUT2D eigenvalue weighted by molar-refractivity contribution is 5.41. The van der Waals surface area contributed by atoms with E-state index in [1.807, 2.05) is 0 Å². The summed E-state index contributed by atoms with van der Waals surface area (Å²) in [5, 5.41) is 47.8. The zero-order valence-corrected chi connectivity index (χ0v) is 11.4. The molecule has 0 aromatic carbocycles. The summed E-state index contributed by atoms with van der Waals surface area (Å²) in [7, 11) is 0. The minimum atomic E-state index is -0.730. The highest BCUT2D eigenvalue weighted by atomic mass is 16.3. The predicted octanol–water partition coefficient (Wildman–Crippen LogP) is -1.34. The van der Waals surface area contributed by atoms with Gasteiger partial charge in [-0.2, -0.15) is 4.40 Å². The molecule has 0 saturated heterocycles. The van der Waals surface area contributed by atoms with Crippen molar-refractivity contribution in [1.82, 2.24) is 4.98 Å². The van der Waals surface area contributed by atoms with Crippen LogP contribution in [0.3, 0.4) is 0 Å². The number of hydrogen-bond donors (Lipinski definition) is 5. The minimum Gasteiger partial charge on any atom is -0.501 e. The fourth-order valence-corrected chi connectivity index (χ4v) is 2.29. The molecule has 0 aliphatic heterocycles. The van der Waals surface area contributed by atoms with Crippen LogP contribution in [-0.2, 0) is 0 Å². The van der Waals surface area contributed by atoms with Gasteiger partial charge in [-0.15, -0.1) is 0 Å². The van der Waals surface area contributed by atoms with E-state index in [0.717, 1.165) is 0 Å². The molecule has 2 heterocycles. The van der Waals surface area contributed by atoms with E-state index in [0.29, 0.717) is 11.3 Å². The lowest BCUT2D eigenvalue weighted by Gasteiger charge is -2.15. The van der Waals surface area contributed by atoms with Gasteiger partial charge in [0.25, 0.3) is 0 Å². The number of nitrogens with zero attached hydrogens (tertiary/aromatic N) is 2. The van der Waals surface area contributed by atoms with Crippen molar-refractivity contribution >= 4 is 5.65 Å². The molecule has 5 N–H and O–H groups in total. The van der Waals surface area contributed by atoms with E-state index < -0.39 is 11.8 Å². The number of hydrogen-bond acceptors (Lipinski definition) is 6. The molecule has 0 fully saturated rings. The van der Waals surface area contributed by atoms with E-state index in [9.17, 15) is 25.5 Å². The van der Waals surface area contributed by atoms with Crippen molar-refractivity contribution in [3.05, 3.63) is 35.8 Å². The van der Waals surface area contributed by atoms with E-state index in [1.165, 1.54) is 0 Å². The van der Waals surface area contributed by atoms with Crippen LogP contribution in [0.25, 0.3) is 5.65 Å². The summed E-state index contributed by atoms with van der Waals surface area (Å²) < 4.78 is 1.57. The standard InChI is InChI=1S/C14H18N2O5/c17-5-9(6-18)12-14(21)13(10(7-19)8-20)16-4-2-1-3-11(16)15-12/h1-4,9-10,17-20H,5-8H2/p+1. The van der Waals surface area contributed by atoms with Crippen LogP contribution in [0.15, 0.2) is 24.4 Å². The molecule has 7 nitrogen and oxygen atoms in total. The van der Waals surface area contributed by atoms with E-state index in [-0.39, 0.29) is 37.9 Å². The molecule has 0 bridgehead atoms. The van der Waals surface area contributed by atoms with Crippen LogP contribution in [0.2, 0.25) is 0 Å². The van der Waals surface area contributed by atoms with Gasteiger partial charge < -0.3 is 25.5 Å². The van der Waals surface area contributed by atoms with Crippen molar-refractivity contribution in [3.8, 4) is 5.75 Å². The lowest BCUT2D eigenvalue weighted by Crippen LogP contribution is -2.34. The second-order valence-corrected chi connectivity index (χ2v) is 4.78. The van der Waals surface area contributed by atoms with Crippen LogP contribution in [0.5, 0.6) is 5.75 Å². The lowest BCUT2D eigenvalue weighted by molar-refractivity contribution is -0.527. The number of aliphatic hydroxyl groups excluding tert-OH is 4. The quantitative estimate of drug-likeness (QED) is 0.421. The molecule has 0 amide bonds. The van der Waals surface area contributed by atoms with Gasteiger partial charge in [0, 0.05) is 6.07 Å². The molecule has 0 saturated carbocycles. The first kappa shape index (κ1) is 15.6. The minimum absolute atomic E-state index is 0.146. The molecule has 114 valence electrons. The van der Waals surface area contributed by atoms with Crippen LogP contribution < -0.4 is 4.40 Å². The number of pyridine rings is 1. The number of rotatable bonds is 6. The van der Waals surface area contributed by atoms with Crippen molar-refractivity contribution in [3.63, 3.8) is 0 Å². The highest BCUT2D eigenvalue weighted by Crippen LogP contribution is 2.30. The maximum atomic E-state index is 10.4. The molecule has 0 radical (unpaired) electrons. The molecule has 0 unspecified atom stereocenters. The summed E-state index contributed by atoms with van der Waals surface area (Å²) in [5.74, 6) is -1.66. The number of aromatic nitrogens is 2. The van der Waals surface area contributed by atoms with E-state index in [1.54, 1.807) is 28.8 Å². The second kappa shape index (κ2) is 6.77. The van der Waals surface area contributed by atoms with Crippen molar-refractivity contribution in [2.75, 3.05) is 26.4 Å². The van der Waals surface area contributed by atoms with Gasteiger partial charge in [-0.05, 0) is 11.1 Å². The third-order valence-corrected chi connectivity index (χ3v) is 3.47. The van der Waals surface area contributed by atoms with Crippen LogP contribution in [0.4, 0.5) is 0 Å². The first-order valence-electron chi connectivity index (χ1n) is 6.64. The zero-order valence-electron chi connectivity index (χ0n) is 11.4. The first-order chi connectivity index (χ1) is 10.2. The highest BCUT2D eigenvalue weighted by Gasteiger charge is 2.31. The average Bonchev–Trinajstić information content (AvgIpc) is 2.52. The van der Waals surface area contributed by atoms with Crippen molar-refractivity contribution in [2.24, 2.45) is 0 Å². The predicted molar refractivity (Wildman–Crippen MR) is 72.9 cm³/mol. The van der Waals surface area contributed by atoms with Crippen LogP contribution in [-0.4, -0.2) is 56.9 Å². The summed E-state index contributed by atoms with van der Waals surface area (Å²) in [6.07, 6.45) is 1.66. The maximum Gasteiger partial charge on any atom is 0.328 e. The van der Waals surface area contributed by atoms with Gasteiger partial charge in [0.2, 0.25) is 11.4 Å². The molecule has 0 atom stereocenters. The molecule has 7 heteroatoms. The third kappa shape index (κ3) is 2.81. The largest absolute Gasteiger partial charge is 0.501 e. The van der Waals surface area contributed by atoms with Gasteiger partial charge in [0.15, 0.2) is 5.69 Å². The zero-order chi connectivity index (χ0) is 15.4. The Balaban J connectivity index is 2.76. The Labute approximate surface area is 121 Å². The van der Waals surface area contributed by atoms with Crippen molar-refractivity contribution in [2.45, 2.75) is 11.8 Å². The number of aromatic hydroxyl groups is 1. The van der Waals surface area contributed by atoms with Crippen molar-refractivity contribution < 1.29 is 29.9 Å². The number of aliphatic hydroxyl groups is 4. The molecule has 0 aliphatic carbocycles. The fraction of sp³-hybridized carbons (Fsp3) is 0.429. The smallest absolute Gasteiger partial charge is 0.328 e. The van der Waals surface area contributed by atoms with Crippen LogP contribution >= 0.6 is 0 Å². The molecular weight excluding hydrogens is 276 g/mol. The summed E-state index contributed by atoms with van der Waals surface area (Å²) in [4.78, 5) is 4.26. The summed E-state index contributed by atoms with van der Waals surface area (Å²) in [5.41, 5.74) is 0.930. The monoisotopic (exact) mass is 295 g/mol. The van der Waals surface area contributed by atoms with Gasteiger partial charge in [0.1, 0.15) is 0 Å². The van der Waals surface area contributed by atoms with Crippen molar-refractivity contribution in [1.29, 1.82) is 0 Å². The Morgan fingerprint density at radius 3 is 2.14 bits per heavy atom. The van der Waals surface area contributed by atoms with Gasteiger partial charge in [-0.1, -0.05) is 6.07 Å². The summed E-state index contributed by atoms with van der Waals surface area (Å²) in [6.45, 7) is -1.45. The normalized spacial score (nSPS) is 11.7. The summed E-state index contributed by atoms with van der Waals surface area (Å²) >= 11 is 0. The molecular formula is C14H19N2O5+. The topological polar surface area (TPSA) is 118 Å². The van der Waals surface area contributed by atoms with Crippen LogP contribution in [0, 0.1) is 0 Å². The molecule has 2 rings (SSSR count). The van der Waals surface area contributed by atoms with Gasteiger partial charge in [-0.25, -0.2) is 0 Å². The van der Waals surface area contributed by atoms with Gasteiger partial charge in [-0.3, -0.25) is 0 Å². The third-order valence-electron chi connectivity index (χ3n) is 3.47. The molecule has 2 aromatic rings. The number of fused-ring (bicyclic) bond motifs is 1. The van der Waals surface area contributed by atoms with E-state index >= 15 is 0 Å². The Morgan fingerprint density at radius 1 is 0.952 bits per heavy atom. The Hall–Kier alpha value is -1.80. The first-order valence-corrected chi connectivity index (χ1v) is 6.64. The van der Waals surface area contributed by atoms with E-state index in [4.69, 9.17) is 0 Å². The molecule has 21 heavy (non-hydrogen) atoms. The Morgan fingerprint density at radius 2 is 1.57 bits per heavy atom. The molecule has 0 spiro atoms. The Bertz CT molecular complexity index is 612. The lowest BCUT2D eigenvalue weighted by atomic mass is 10.00. The van der Waals surface area contributed by atoms with Crippen LogP contribution in [0.1, 0.15) is 23.2 Å². The van der Waals surface area contributed by atoms with E-state index in [2.05, 4.69) is 4.98 Å². The molecule has 2 aromatic heterocycles. The summed E-state index contributed by atoms with van der Waals surface area (Å²) in [6, 6.07) is 5.19. The maximum absolute atomic E-state index is 10.4.